The first-order valence-electron chi connectivity index (χ1n) is 29.5. The molecule has 2 aromatic carbocycles. The summed E-state index contributed by atoms with van der Waals surface area (Å²) >= 11 is 8.23. The molecule has 0 aliphatic heterocycles. The maximum absolute atomic E-state index is 13.8. The second kappa shape index (κ2) is 44.2. The van der Waals surface area contributed by atoms with Crippen molar-refractivity contribution in [2.75, 3.05) is 57.4 Å². The van der Waals surface area contributed by atoms with Gasteiger partial charge < -0.3 is 113 Å². The molecule has 0 saturated heterocycles. The Balaban J connectivity index is 2.16. The smallest absolute Gasteiger partial charge is 0.326 e. The monoisotopic (exact) mass is 1360 g/mol. The standard InChI is InChI=1S/C56H87N19O17S2/c57-18-8-7-15-34(48(85)70-35(54(91)92)17-10-20-64-56(61)62)67-42(78)24-65-46(83)33(16-9-19-63-55(59)60)69-50(87)38(26-76)73-51(88)39(27-77)74-52(89)40(28-93)68-43(79)25-66-47(84)36(22-31-13-5-2-6-14-31)71-49(86)37(23-44(80)81)72-53(90)41(29-94)75-45(82)32(58)21-30-11-3-1-4-12-30/h1-6,11-14,32-41,76-77,93-94H,7-10,15-29,57-58H2,(H,65,83)(H,66,84)(H,67,78)(H,68,79)(H,69,87)(H,70,85)(H,71,86)(H,72,90)(H,73,88)(H,74,89)(H,75,82)(H,80,81)(H,91,92)(H4,59,60,63)(H4,61,62,64)/t32-,33-,34-,35-,36-,37-,38-,39-,40-,41-/m0/s1. The molecule has 0 aliphatic rings. The normalized spacial score (nSPS) is 14.0. The average Bonchev–Trinajstić information content (AvgIpc) is 1.03. The number of unbranched alkanes of at least 4 members (excludes halogenated alkanes) is 1. The number of rotatable bonds is 45. The van der Waals surface area contributed by atoms with Gasteiger partial charge in [-0.15, -0.1) is 0 Å². The summed E-state index contributed by atoms with van der Waals surface area (Å²) in [6, 6.07) is 1.48. The molecule has 0 spiro atoms. The van der Waals surface area contributed by atoms with Gasteiger partial charge in [-0.05, 0) is 69.0 Å². The second-order valence-corrected chi connectivity index (χ2v) is 21.7. The van der Waals surface area contributed by atoms with E-state index in [1.807, 2.05) is 0 Å². The van der Waals surface area contributed by atoms with Crippen molar-refractivity contribution in [2.45, 2.75) is 125 Å². The Labute approximate surface area is 551 Å². The van der Waals surface area contributed by atoms with Gasteiger partial charge in [-0.2, -0.15) is 25.3 Å². The van der Waals surface area contributed by atoms with E-state index in [2.05, 4.69) is 93.7 Å². The minimum absolute atomic E-state index is 0.0183. The predicted molar refractivity (Wildman–Crippen MR) is 346 cm³/mol. The summed E-state index contributed by atoms with van der Waals surface area (Å²) in [7, 11) is 0. The molecule has 0 fully saturated rings. The summed E-state index contributed by atoms with van der Waals surface area (Å²) in [6.07, 6.45) is -0.402. The van der Waals surface area contributed by atoms with Crippen LogP contribution in [0, 0.1) is 0 Å². The van der Waals surface area contributed by atoms with Gasteiger partial charge in [0, 0.05) is 31.0 Å². The number of aliphatic carboxylic acids is 2. The topological polar surface area (TPSA) is 616 Å². The van der Waals surface area contributed by atoms with Gasteiger partial charge in [-0.25, -0.2) is 4.79 Å². The third kappa shape index (κ3) is 31.8. The zero-order valence-corrected chi connectivity index (χ0v) is 53.1. The number of guanidine groups is 2. The molecule has 520 valence electrons. The molecule has 0 saturated carbocycles. The number of benzene rings is 2. The summed E-state index contributed by atoms with van der Waals surface area (Å²) in [6.45, 7) is -3.64. The Hall–Kier alpha value is -9.37. The highest BCUT2D eigenvalue weighted by Crippen LogP contribution is 2.09. The van der Waals surface area contributed by atoms with E-state index in [1.54, 1.807) is 60.7 Å². The number of hydrogen-bond acceptors (Lipinski definition) is 21. The van der Waals surface area contributed by atoms with E-state index >= 15 is 0 Å². The highest BCUT2D eigenvalue weighted by Gasteiger charge is 2.35. The van der Waals surface area contributed by atoms with Gasteiger partial charge in [0.15, 0.2) is 11.9 Å². The Kier molecular flexibility index (Phi) is 38.0. The third-order valence-corrected chi connectivity index (χ3v) is 14.2. The van der Waals surface area contributed by atoms with Crippen molar-refractivity contribution in [3.63, 3.8) is 0 Å². The van der Waals surface area contributed by atoms with Gasteiger partial charge in [0.05, 0.1) is 38.8 Å². The fourth-order valence-electron chi connectivity index (χ4n) is 8.46. The van der Waals surface area contributed by atoms with Crippen molar-refractivity contribution < 1.29 is 82.8 Å². The Morgan fingerprint density at radius 3 is 1.24 bits per heavy atom. The van der Waals surface area contributed by atoms with Crippen molar-refractivity contribution in [2.24, 2.45) is 44.4 Å². The van der Waals surface area contributed by atoms with E-state index in [-0.39, 0.29) is 82.3 Å². The maximum Gasteiger partial charge on any atom is 0.326 e. The molecule has 2 rings (SSSR count). The van der Waals surface area contributed by atoms with Crippen molar-refractivity contribution in [1.29, 1.82) is 0 Å². The average molecular weight is 1360 g/mol. The molecule has 10 atom stereocenters. The molecule has 11 amide bonds. The first-order valence-corrected chi connectivity index (χ1v) is 30.7. The van der Waals surface area contributed by atoms with Crippen LogP contribution >= 0.6 is 25.3 Å². The lowest BCUT2D eigenvalue weighted by atomic mass is 10.0. The minimum Gasteiger partial charge on any atom is -0.481 e. The number of nitrogens with zero attached hydrogens (tertiary/aromatic N) is 2. The van der Waals surface area contributed by atoms with Crippen molar-refractivity contribution in [1.82, 2.24) is 58.5 Å². The number of nitrogens with two attached hydrogens (primary N) is 6. The van der Waals surface area contributed by atoms with Crippen LogP contribution in [0.3, 0.4) is 0 Å². The number of aliphatic hydroxyl groups is 2. The predicted octanol–water partition coefficient (Wildman–Crippen LogP) is -8.97. The fraction of sp³-hybridized carbons (Fsp3) is 0.518. The molecular weight excluding hydrogens is 1270 g/mol. The quantitative estimate of drug-likeness (QED) is 0.0127. The Bertz CT molecular complexity index is 2910. The number of aliphatic imine (C=N–C) groups is 2. The lowest BCUT2D eigenvalue weighted by Gasteiger charge is -2.25. The van der Waals surface area contributed by atoms with Crippen LogP contribution in [0.1, 0.15) is 62.5 Å². The van der Waals surface area contributed by atoms with Crippen LogP contribution in [-0.2, 0) is 75.2 Å². The molecule has 94 heavy (non-hydrogen) atoms. The van der Waals surface area contributed by atoms with Gasteiger partial charge in [-0.3, -0.25) is 67.5 Å². The highest BCUT2D eigenvalue weighted by atomic mass is 32.1. The number of amides is 11. The largest absolute Gasteiger partial charge is 0.481 e. The molecule has 27 N–H and O–H groups in total. The first-order chi connectivity index (χ1) is 44.7. The molecule has 36 nitrogen and oxygen atoms in total. The maximum atomic E-state index is 13.8. The van der Waals surface area contributed by atoms with E-state index in [0.717, 1.165) is 5.56 Å². The van der Waals surface area contributed by atoms with E-state index in [0.29, 0.717) is 18.4 Å². The minimum atomic E-state index is -1.87. The van der Waals surface area contributed by atoms with Crippen LogP contribution in [0.5, 0.6) is 0 Å². The van der Waals surface area contributed by atoms with Crippen LogP contribution in [0.15, 0.2) is 70.6 Å². The Morgan fingerprint density at radius 1 is 0.426 bits per heavy atom. The molecule has 2 aromatic rings. The number of carbonyl (C=O) groups is 13. The number of hydrogen-bond donors (Lipinski definition) is 23. The summed E-state index contributed by atoms with van der Waals surface area (Å²) in [5, 5.41) is 65.3. The van der Waals surface area contributed by atoms with Crippen LogP contribution in [0.4, 0.5) is 0 Å². The SMILES string of the molecule is NCCCC[C@H](NC(=O)CNC(=O)[C@H](CCCN=C(N)N)NC(=O)[C@H](CO)NC(=O)[C@H](CO)NC(=O)[C@H](CS)NC(=O)CNC(=O)[C@H](Cc1ccccc1)NC(=O)[C@H](CC(=O)O)NC(=O)[C@H](CS)NC(=O)[C@@H](N)Cc1ccccc1)C(=O)N[C@@H](CCCN=C(N)N)C(=O)O. The Morgan fingerprint density at radius 2 is 0.787 bits per heavy atom. The number of carboxylic acids is 2. The van der Waals surface area contributed by atoms with Crippen molar-refractivity contribution in [3.8, 4) is 0 Å². The molecule has 38 heteroatoms. The lowest BCUT2D eigenvalue weighted by Crippen LogP contribution is -2.60. The van der Waals surface area contributed by atoms with Gasteiger partial charge in [0.1, 0.15) is 54.4 Å². The molecule has 0 unspecified atom stereocenters. The second-order valence-electron chi connectivity index (χ2n) is 20.9. The fourth-order valence-corrected chi connectivity index (χ4v) is 8.97. The molecule has 0 heterocycles. The number of nitrogens with one attached hydrogen (secondary N) is 11. The van der Waals surface area contributed by atoms with Gasteiger partial charge in [0.2, 0.25) is 65.0 Å². The molecule has 0 aromatic heterocycles. The summed E-state index contributed by atoms with van der Waals surface area (Å²) in [5.41, 5.74) is 34.3. The number of aliphatic hydroxyl groups excluding tert-OH is 2. The zero-order valence-electron chi connectivity index (χ0n) is 51.3. The zero-order chi connectivity index (χ0) is 70.3. The highest BCUT2D eigenvalue weighted by molar-refractivity contribution is 7.80. The number of carbonyl (C=O) groups excluding carboxylic acids is 11. The van der Waals surface area contributed by atoms with Crippen LogP contribution in [-0.4, -0.2) is 227 Å². The van der Waals surface area contributed by atoms with Gasteiger partial charge >= 0.3 is 11.9 Å². The van der Waals surface area contributed by atoms with Gasteiger partial charge in [-0.1, -0.05) is 60.7 Å². The van der Waals surface area contributed by atoms with Crippen LogP contribution < -0.4 is 92.9 Å². The van der Waals surface area contributed by atoms with Crippen molar-refractivity contribution in [3.05, 3.63) is 71.8 Å². The van der Waals surface area contributed by atoms with Crippen LogP contribution in [0.25, 0.3) is 0 Å². The van der Waals surface area contributed by atoms with E-state index < -0.39 is 176 Å². The number of thiol groups is 2. The van der Waals surface area contributed by atoms with E-state index in [9.17, 15) is 82.8 Å². The third-order valence-electron chi connectivity index (χ3n) is 13.4. The van der Waals surface area contributed by atoms with Gasteiger partial charge in [0.25, 0.3) is 0 Å². The summed E-state index contributed by atoms with van der Waals surface area (Å²) < 4.78 is 0. The van der Waals surface area contributed by atoms with Crippen LogP contribution in [0.2, 0.25) is 0 Å². The first kappa shape index (κ1) is 80.7. The number of carboxylic acid groups (broad SMARTS) is 2. The lowest BCUT2D eigenvalue weighted by molar-refractivity contribution is -0.142. The summed E-state index contributed by atoms with van der Waals surface area (Å²) in [4.78, 5) is 179. The molecule has 0 aliphatic carbocycles. The van der Waals surface area contributed by atoms with E-state index in [1.165, 1.54) is 0 Å². The van der Waals surface area contributed by atoms with E-state index in [4.69, 9.17) is 34.4 Å². The molecule has 0 radical (unpaired) electrons. The molecule has 0 bridgehead atoms. The molecular formula is C56H87N19O17S2. The van der Waals surface area contributed by atoms with Crippen molar-refractivity contribution >= 4 is 114 Å². The summed E-state index contributed by atoms with van der Waals surface area (Å²) in [5.74, 6) is -15.4.